The van der Waals surface area contributed by atoms with Crippen molar-refractivity contribution in [2.45, 2.75) is 44.9 Å². The van der Waals surface area contributed by atoms with Crippen LogP contribution in [0.2, 0.25) is 0 Å². The van der Waals surface area contributed by atoms with Gasteiger partial charge in [0.2, 0.25) is 5.91 Å². The van der Waals surface area contributed by atoms with Crippen LogP contribution in [0, 0.1) is 5.92 Å². The largest absolute Gasteiger partial charge is 0.481 e. The lowest BCUT2D eigenvalue weighted by Gasteiger charge is -2.27. The third-order valence-electron chi connectivity index (χ3n) is 4.40. The molecular weight excluding hydrogens is 256 g/mol. The van der Waals surface area contributed by atoms with Gasteiger partial charge in [-0.25, -0.2) is 0 Å². The molecule has 114 valence electrons. The molecule has 0 bridgehead atoms. The summed E-state index contributed by atoms with van der Waals surface area (Å²) < 4.78 is 0. The summed E-state index contributed by atoms with van der Waals surface area (Å²) in [5.74, 6) is -0.289. The van der Waals surface area contributed by atoms with Gasteiger partial charge >= 0.3 is 5.97 Å². The second-order valence-electron chi connectivity index (χ2n) is 6.14. The Morgan fingerprint density at radius 1 is 1.00 bits per heavy atom. The molecule has 2 heterocycles. The van der Waals surface area contributed by atoms with Crippen molar-refractivity contribution in [2.24, 2.45) is 5.92 Å². The van der Waals surface area contributed by atoms with Gasteiger partial charge in [0.05, 0.1) is 6.54 Å². The molecule has 5 nitrogen and oxygen atoms in total. The summed E-state index contributed by atoms with van der Waals surface area (Å²) >= 11 is 0. The van der Waals surface area contributed by atoms with Crippen molar-refractivity contribution in [3.8, 4) is 0 Å². The summed E-state index contributed by atoms with van der Waals surface area (Å²) in [5.41, 5.74) is 0. The predicted octanol–water partition coefficient (Wildman–Crippen LogP) is 1.58. The minimum Gasteiger partial charge on any atom is -0.481 e. The number of rotatable bonds is 4. The topological polar surface area (TPSA) is 60.9 Å². The molecule has 2 fully saturated rings. The number of likely N-dealkylation sites (tertiary alicyclic amines) is 2. The Morgan fingerprint density at radius 2 is 1.65 bits per heavy atom. The Kier molecular flexibility index (Phi) is 5.83. The van der Waals surface area contributed by atoms with Crippen molar-refractivity contribution in [3.05, 3.63) is 0 Å². The van der Waals surface area contributed by atoms with E-state index in [9.17, 15) is 9.59 Å². The van der Waals surface area contributed by atoms with Gasteiger partial charge in [0.25, 0.3) is 0 Å². The van der Waals surface area contributed by atoms with E-state index < -0.39 is 5.97 Å². The van der Waals surface area contributed by atoms with Gasteiger partial charge in [0, 0.05) is 26.1 Å². The summed E-state index contributed by atoms with van der Waals surface area (Å²) in [6.07, 6.45) is 7.13. The van der Waals surface area contributed by atoms with Crippen molar-refractivity contribution in [1.29, 1.82) is 0 Å². The zero-order chi connectivity index (χ0) is 14.4. The molecule has 0 aromatic heterocycles. The number of hydrogen-bond donors (Lipinski definition) is 1. The molecule has 5 heteroatoms. The molecule has 2 aliphatic heterocycles. The highest BCUT2D eigenvalue weighted by atomic mass is 16.4. The zero-order valence-corrected chi connectivity index (χ0v) is 12.2. The van der Waals surface area contributed by atoms with Crippen LogP contribution >= 0.6 is 0 Å². The molecule has 1 N–H and O–H groups in total. The van der Waals surface area contributed by atoms with Gasteiger partial charge in [-0.2, -0.15) is 0 Å². The van der Waals surface area contributed by atoms with E-state index in [1.54, 1.807) is 0 Å². The maximum absolute atomic E-state index is 12.3. The van der Waals surface area contributed by atoms with E-state index in [2.05, 4.69) is 4.90 Å². The van der Waals surface area contributed by atoms with Crippen LogP contribution in [-0.2, 0) is 9.59 Å². The molecule has 2 saturated heterocycles. The van der Waals surface area contributed by atoms with E-state index in [4.69, 9.17) is 5.11 Å². The van der Waals surface area contributed by atoms with E-state index in [-0.39, 0.29) is 18.2 Å². The molecule has 0 radical (unpaired) electrons. The number of carboxylic acid groups (broad SMARTS) is 1. The van der Waals surface area contributed by atoms with Crippen LogP contribution in [0.3, 0.4) is 0 Å². The number of nitrogens with zero attached hydrogens (tertiary/aromatic N) is 2. The van der Waals surface area contributed by atoms with Gasteiger partial charge < -0.3 is 10.0 Å². The number of hydrogen-bond acceptors (Lipinski definition) is 3. The average Bonchev–Trinajstić information content (AvgIpc) is 2.74. The molecule has 1 atom stereocenters. The first kappa shape index (κ1) is 15.3. The van der Waals surface area contributed by atoms with Crippen molar-refractivity contribution in [2.75, 3.05) is 32.7 Å². The molecule has 20 heavy (non-hydrogen) atoms. The molecule has 0 aromatic rings. The Hall–Kier alpha value is -1.10. The molecular formula is C15H26N2O3. The van der Waals surface area contributed by atoms with Gasteiger partial charge in [-0.3, -0.25) is 14.5 Å². The van der Waals surface area contributed by atoms with Crippen LogP contribution in [0.15, 0.2) is 0 Å². The normalized spacial score (nSPS) is 25.2. The van der Waals surface area contributed by atoms with E-state index in [1.165, 1.54) is 19.3 Å². The number of carbonyl (C=O) groups excluding carboxylic acids is 1. The van der Waals surface area contributed by atoms with Gasteiger partial charge in [-0.1, -0.05) is 19.3 Å². The van der Waals surface area contributed by atoms with E-state index in [1.807, 2.05) is 4.90 Å². The van der Waals surface area contributed by atoms with E-state index in [0.717, 1.165) is 45.4 Å². The summed E-state index contributed by atoms with van der Waals surface area (Å²) in [6, 6.07) is 0. The van der Waals surface area contributed by atoms with Crippen LogP contribution in [-0.4, -0.2) is 59.5 Å². The van der Waals surface area contributed by atoms with Crippen molar-refractivity contribution >= 4 is 11.9 Å². The molecule has 2 aliphatic rings. The lowest BCUT2D eigenvalue weighted by atomic mass is 10.1. The number of aliphatic carboxylic acids is 1. The summed E-state index contributed by atoms with van der Waals surface area (Å²) in [5, 5.41) is 8.81. The summed E-state index contributed by atoms with van der Waals surface area (Å²) in [6.45, 7) is 3.87. The fourth-order valence-electron chi connectivity index (χ4n) is 3.26. The van der Waals surface area contributed by atoms with Gasteiger partial charge in [-0.05, 0) is 31.7 Å². The standard InChI is InChI=1S/C15H26N2O3/c18-14(17-7-4-2-1-3-5-8-17)12-16-9-6-13(11-16)10-15(19)20/h13H,1-12H2,(H,19,20). The minimum atomic E-state index is -0.730. The number of carbonyl (C=O) groups is 2. The average molecular weight is 282 g/mol. The first-order valence-corrected chi connectivity index (χ1v) is 7.87. The molecule has 0 aliphatic carbocycles. The van der Waals surface area contributed by atoms with Crippen LogP contribution in [0.1, 0.15) is 44.9 Å². The van der Waals surface area contributed by atoms with Crippen LogP contribution < -0.4 is 0 Å². The zero-order valence-electron chi connectivity index (χ0n) is 12.2. The third kappa shape index (κ3) is 4.78. The molecule has 0 saturated carbocycles. The fraction of sp³-hybridized carbons (Fsp3) is 0.867. The highest BCUT2D eigenvalue weighted by Gasteiger charge is 2.27. The Morgan fingerprint density at radius 3 is 2.30 bits per heavy atom. The highest BCUT2D eigenvalue weighted by molar-refractivity contribution is 5.78. The number of amides is 1. The second-order valence-corrected chi connectivity index (χ2v) is 6.14. The molecule has 2 rings (SSSR count). The summed E-state index contributed by atoms with van der Waals surface area (Å²) in [7, 11) is 0. The third-order valence-corrected chi connectivity index (χ3v) is 4.40. The molecule has 1 amide bonds. The summed E-state index contributed by atoms with van der Waals surface area (Å²) in [4.78, 5) is 27.1. The lowest BCUT2D eigenvalue weighted by molar-refractivity contribution is -0.138. The monoisotopic (exact) mass is 282 g/mol. The lowest BCUT2D eigenvalue weighted by Crippen LogP contribution is -2.41. The van der Waals surface area contributed by atoms with E-state index >= 15 is 0 Å². The van der Waals surface area contributed by atoms with E-state index in [0.29, 0.717) is 6.54 Å². The van der Waals surface area contributed by atoms with Crippen molar-refractivity contribution in [3.63, 3.8) is 0 Å². The Bertz CT molecular complexity index is 338. The van der Waals surface area contributed by atoms with Gasteiger partial charge in [0.1, 0.15) is 0 Å². The Labute approximate surface area is 120 Å². The fourth-order valence-corrected chi connectivity index (χ4v) is 3.26. The Balaban J connectivity index is 1.75. The van der Waals surface area contributed by atoms with Gasteiger partial charge in [0.15, 0.2) is 0 Å². The highest BCUT2D eigenvalue weighted by Crippen LogP contribution is 2.19. The quantitative estimate of drug-likeness (QED) is 0.850. The van der Waals surface area contributed by atoms with Crippen LogP contribution in [0.4, 0.5) is 0 Å². The van der Waals surface area contributed by atoms with Crippen LogP contribution in [0.25, 0.3) is 0 Å². The minimum absolute atomic E-state index is 0.215. The smallest absolute Gasteiger partial charge is 0.303 e. The second kappa shape index (κ2) is 7.62. The first-order valence-electron chi connectivity index (χ1n) is 7.87. The molecule has 0 spiro atoms. The van der Waals surface area contributed by atoms with Gasteiger partial charge in [-0.15, -0.1) is 0 Å². The maximum Gasteiger partial charge on any atom is 0.303 e. The maximum atomic E-state index is 12.3. The van der Waals surface area contributed by atoms with Crippen molar-refractivity contribution in [1.82, 2.24) is 9.80 Å². The first-order chi connectivity index (χ1) is 9.65. The van der Waals surface area contributed by atoms with Crippen molar-refractivity contribution < 1.29 is 14.7 Å². The van der Waals surface area contributed by atoms with Crippen LogP contribution in [0.5, 0.6) is 0 Å². The SMILES string of the molecule is O=C(O)CC1CCN(CC(=O)N2CCCCCCC2)C1. The molecule has 1 unspecified atom stereocenters. The molecule has 0 aromatic carbocycles. The number of carboxylic acids is 1. The predicted molar refractivity (Wildman–Crippen MR) is 76.5 cm³/mol.